The highest BCUT2D eigenvalue weighted by Crippen LogP contribution is 2.37. The van der Waals surface area contributed by atoms with Crippen molar-refractivity contribution < 1.29 is 4.42 Å². The van der Waals surface area contributed by atoms with Gasteiger partial charge in [-0.3, -0.25) is 5.43 Å². The summed E-state index contributed by atoms with van der Waals surface area (Å²) in [6.07, 6.45) is 4.07. The minimum absolute atomic E-state index is 0.449. The molecule has 108 valence electrons. The van der Waals surface area contributed by atoms with E-state index in [1.54, 1.807) is 17.6 Å². The van der Waals surface area contributed by atoms with Crippen LogP contribution in [0.5, 0.6) is 0 Å². The zero-order valence-corrected chi connectivity index (χ0v) is 12.1. The summed E-state index contributed by atoms with van der Waals surface area (Å²) in [5, 5.41) is 3.10. The van der Waals surface area contributed by atoms with Crippen molar-refractivity contribution in [2.45, 2.75) is 25.4 Å². The number of hydrogen-bond acceptors (Lipinski definition) is 7. The third-order valence-corrected chi connectivity index (χ3v) is 4.41. The van der Waals surface area contributed by atoms with Crippen LogP contribution in [0.4, 0.5) is 11.8 Å². The zero-order valence-electron chi connectivity index (χ0n) is 11.3. The molecule has 1 aliphatic carbocycles. The number of thiophene rings is 1. The van der Waals surface area contributed by atoms with Gasteiger partial charge in [-0.15, -0.1) is 11.3 Å². The summed E-state index contributed by atoms with van der Waals surface area (Å²) in [6, 6.07) is 6.48. The SMILES string of the molecule is NNc1nc(N(Cc2ccco2)C2CC2)c2ccsc2n1. The molecule has 6 nitrogen and oxygen atoms in total. The largest absolute Gasteiger partial charge is 0.467 e. The molecule has 3 aromatic heterocycles. The van der Waals surface area contributed by atoms with Crippen LogP contribution in [0.1, 0.15) is 18.6 Å². The lowest BCUT2D eigenvalue weighted by molar-refractivity contribution is 0.500. The third kappa shape index (κ3) is 2.34. The molecule has 0 radical (unpaired) electrons. The van der Waals surface area contributed by atoms with Crippen LogP contribution in [-0.2, 0) is 6.54 Å². The molecule has 7 heteroatoms. The Morgan fingerprint density at radius 2 is 2.29 bits per heavy atom. The molecule has 3 heterocycles. The molecular weight excluding hydrogens is 286 g/mol. The minimum atomic E-state index is 0.449. The van der Waals surface area contributed by atoms with Gasteiger partial charge in [0.15, 0.2) is 0 Å². The molecule has 3 N–H and O–H groups in total. The monoisotopic (exact) mass is 301 g/mol. The molecule has 21 heavy (non-hydrogen) atoms. The second-order valence-electron chi connectivity index (χ2n) is 5.09. The van der Waals surface area contributed by atoms with Crippen LogP contribution in [0.25, 0.3) is 10.2 Å². The molecule has 0 amide bonds. The van der Waals surface area contributed by atoms with Gasteiger partial charge in [-0.1, -0.05) is 0 Å². The zero-order chi connectivity index (χ0) is 14.2. The van der Waals surface area contributed by atoms with Crippen molar-refractivity contribution in [3.8, 4) is 0 Å². The lowest BCUT2D eigenvalue weighted by Gasteiger charge is -2.23. The molecule has 0 unspecified atom stereocenters. The van der Waals surface area contributed by atoms with Crippen molar-refractivity contribution in [1.29, 1.82) is 0 Å². The van der Waals surface area contributed by atoms with Crippen LogP contribution in [-0.4, -0.2) is 16.0 Å². The molecule has 4 rings (SSSR count). The van der Waals surface area contributed by atoms with E-state index >= 15 is 0 Å². The molecule has 0 atom stereocenters. The van der Waals surface area contributed by atoms with E-state index in [0.717, 1.165) is 21.8 Å². The lowest BCUT2D eigenvalue weighted by Crippen LogP contribution is -2.26. The molecule has 1 saturated carbocycles. The number of anilines is 2. The summed E-state index contributed by atoms with van der Waals surface area (Å²) in [7, 11) is 0. The van der Waals surface area contributed by atoms with Crippen LogP contribution in [0.15, 0.2) is 34.3 Å². The van der Waals surface area contributed by atoms with E-state index in [0.29, 0.717) is 18.5 Å². The third-order valence-electron chi connectivity index (χ3n) is 3.60. The number of nitrogens with one attached hydrogen (secondary N) is 1. The molecular formula is C14H15N5OS. The molecule has 1 aliphatic rings. The normalized spacial score (nSPS) is 14.5. The molecule has 0 bridgehead atoms. The van der Waals surface area contributed by atoms with Crippen molar-refractivity contribution in [2.75, 3.05) is 10.3 Å². The quantitative estimate of drug-likeness (QED) is 0.557. The Labute approximate surface area is 125 Å². The van der Waals surface area contributed by atoms with E-state index in [2.05, 4.69) is 26.4 Å². The van der Waals surface area contributed by atoms with Gasteiger partial charge in [-0.25, -0.2) is 10.8 Å². The number of nitrogens with two attached hydrogens (primary N) is 1. The fourth-order valence-electron chi connectivity index (χ4n) is 2.46. The second kappa shape index (κ2) is 5.01. The second-order valence-corrected chi connectivity index (χ2v) is 5.99. The summed E-state index contributed by atoms with van der Waals surface area (Å²) in [5.41, 5.74) is 2.56. The van der Waals surface area contributed by atoms with E-state index in [1.807, 2.05) is 17.5 Å². The summed E-state index contributed by atoms with van der Waals surface area (Å²) >= 11 is 1.59. The van der Waals surface area contributed by atoms with Crippen molar-refractivity contribution in [1.82, 2.24) is 9.97 Å². The van der Waals surface area contributed by atoms with E-state index in [4.69, 9.17) is 10.3 Å². The number of nitrogens with zero attached hydrogens (tertiary/aromatic N) is 3. The van der Waals surface area contributed by atoms with Crippen LogP contribution >= 0.6 is 11.3 Å². The molecule has 0 aromatic carbocycles. The fraction of sp³-hybridized carbons (Fsp3) is 0.286. The first-order chi connectivity index (χ1) is 10.3. The molecule has 0 saturated heterocycles. The fourth-order valence-corrected chi connectivity index (χ4v) is 3.22. The average molecular weight is 301 g/mol. The van der Waals surface area contributed by atoms with Crippen molar-refractivity contribution in [2.24, 2.45) is 5.84 Å². The number of hydrogen-bond donors (Lipinski definition) is 2. The summed E-state index contributed by atoms with van der Waals surface area (Å²) in [4.78, 5) is 12.2. The Hall–Kier alpha value is -2.12. The van der Waals surface area contributed by atoms with Crippen LogP contribution in [0.2, 0.25) is 0 Å². The van der Waals surface area contributed by atoms with Gasteiger partial charge in [-0.05, 0) is 36.4 Å². The predicted molar refractivity (Wildman–Crippen MR) is 83.1 cm³/mol. The van der Waals surface area contributed by atoms with Crippen molar-refractivity contribution in [3.05, 3.63) is 35.6 Å². The Kier molecular flexibility index (Phi) is 3.01. The Morgan fingerprint density at radius 3 is 3.00 bits per heavy atom. The van der Waals surface area contributed by atoms with Crippen molar-refractivity contribution >= 4 is 33.3 Å². The summed E-state index contributed by atoms with van der Waals surface area (Å²) < 4.78 is 5.49. The van der Waals surface area contributed by atoms with Gasteiger partial charge in [0.2, 0.25) is 5.95 Å². The van der Waals surface area contributed by atoms with Crippen LogP contribution in [0.3, 0.4) is 0 Å². The van der Waals surface area contributed by atoms with Crippen LogP contribution in [0, 0.1) is 0 Å². The molecule has 0 aliphatic heterocycles. The number of nitrogen functional groups attached to an aromatic ring is 1. The number of fused-ring (bicyclic) bond motifs is 1. The molecule has 0 spiro atoms. The van der Waals surface area contributed by atoms with Gasteiger partial charge in [0, 0.05) is 6.04 Å². The van der Waals surface area contributed by atoms with Gasteiger partial charge >= 0.3 is 0 Å². The van der Waals surface area contributed by atoms with E-state index in [-0.39, 0.29) is 0 Å². The van der Waals surface area contributed by atoms with Gasteiger partial charge in [0.25, 0.3) is 0 Å². The average Bonchev–Trinajstić information content (AvgIpc) is 3.02. The smallest absolute Gasteiger partial charge is 0.240 e. The van der Waals surface area contributed by atoms with E-state index < -0.39 is 0 Å². The molecule has 1 fully saturated rings. The first-order valence-corrected chi connectivity index (χ1v) is 7.74. The summed E-state index contributed by atoms with van der Waals surface area (Å²) in [6.45, 7) is 0.712. The van der Waals surface area contributed by atoms with Crippen molar-refractivity contribution in [3.63, 3.8) is 0 Å². The number of aromatic nitrogens is 2. The maximum atomic E-state index is 5.50. The number of furan rings is 1. The highest BCUT2D eigenvalue weighted by atomic mass is 32.1. The highest BCUT2D eigenvalue weighted by molar-refractivity contribution is 7.16. The first kappa shape index (κ1) is 12.6. The van der Waals surface area contributed by atoms with Gasteiger partial charge in [0.1, 0.15) is 16.4 Å². The Balaban J connectivity index is 1.79. The summed E-state index contributed by atoms with van der Waals surface area (Å²) in [5.74, 6) is 7.81. The lowest BCUT2D eigenvalue weighted by atomic mass is 10.3. The van der Waals surface area contributed by atoms with Gasteiger partial charge in [-0.2, -0.15) is 4.98 Å². The molecule has 3 aromatic rings. The first-order valence-electron chi connectivity index (χ1n) is 6.86. The van der Waals surface area contributed by atoms with E-state index in [9.17, 15) is 0 Å². The minimum Gasteiger partial charge on any atom is -0.467 e. The number of rotatable bonds is 5. The van der Waals surface area contributed by atoms with Crippen LogP contribution < -0.4 is 16.2 Å². The Morgan fingerprint density at radius 1 is 1.38 bits per heavy atom. The maximum absolute atomic E-state index is 5.50. The standard InChI is InChI=1S/C14H15N5OS/c15-18-14-16-12(11-5-7-21-13(11)17-14)19(9-3-4-9)8-10-2-1-6-20-10/h1-2,5-7,9H,3-4,8,15H2,(H,16,17,18). The topological polar surface area (TPSA) is 80.2 Å². The maximum Gasteiger partial charge on any atom is 0.240 e. The van der Waals surface area contributed by atoms with Gasteiger partial charge < -0.3 is 9.32 Å². The Bertz CT molecular complexity index is 750. The van der Waals surface area contributed by atoms with E-state index in [1.165, 1.54) is 12.8 Å². The predicted octanol–water partition coefficient (Wildman–Crippen LogP) is 2.74. The van der Waals surface area contributed by atoms with Gasteiger partial charge in [0.05, 0.1) is 18.2 Å². The highest BCUT2D eigenvalue weighted by Gasteiger charge is 2.32. The number of hydrazine groups is 1.